The van der Waals surface area contributed by atoms with E-state index in [9.17, 15) is 18.0 Å². The number of aryl methyl sites for hydroxylation is 1. The zero-order valence-corrected chi connectivity index (χ0v) is 20.5. The summed E-state index contributed by atoms with van der Waals surface area (Å²) in [6, 6.07) is 13.7. The molecule has 0 aliphatic heterocycles. The maximum absolute atomic E-state index is 13.4. The third-order valence-corrected chi connectivity index (χ3v) is 6.70. The van der Waals surface area contributed by atoms with Crippen molar-refractivity contribution in [3.63, 3.8) is 0 Å². The van der Waals surface area contributed by atoms with Gasteiger partial charge in [-0.15, -0.1) is 0 Å². The molecule has 2 aromatic rings. The first-order chi connectivity index (χ1) is 14.6. The number of halogens is 1. The van der Waals surface area contributed by atoms with Gasteiger partial charge >= 0.3 is 0 Å². The predicted octanol–water partition coefficient (Wildman–Crippen LogP) is 3.08. The molecule has 7 nitrogen and oxygen atoms in total. The first-order valence-electron chi connectivity index (χ1n) is 9.87. The highest BCUT2D eigenvalue weighted by Gasteiger charge is 2.31. The van der Waals surface area contributed by atoms with Gasteiger partial charge in [0.15, 0.2) is 0 Å². The van der Waals surface area contributed by atoms with Crippen LogP contribution in [0.4, 0.5) is 5.69 Å². The van der Waals surface area contributed by atoms with Crippen LogP contribution in [-0.2, 0) is 26.2 Å². The molecule has 0 spiro atoms. The van der Waals surface area contributed by atoms with Crippen LogP contribution in [0, 0.1) is 6.92 Å². The normalized spacial score (nSPS) is 12.2. The lowest BCUT2D eigenvalue weighted by Crippen LogP contribution is -2.51. The number of anilines is 1. The number of carbonyl (C=O) groups excluding carboxylic acids is 2. The summed E-state index contributed by atoms with van der Waals surface area (Å²) in [5.74, 6) is -0.757. The number of sulfonamides is 1. The van der Waals surface area contributed by atoms with Gasteiger partial charge < -0.3 is 10.2 Å². The largest absolute Gasteiger partial charge is 0.357 e. The Bertz CT molecular complexity index is 1030. The van der Waals surface area contributed by atoms with E-state index in [-0.39, 0.29) is 12.5 Å². The van der Waals surface area contributed by atoms with E-state index in [1.807, 2.05) is 38.1 Å². The molecule has 0 fully saturated rings. The van der Waals surface area contributed by atoms with Crippen molar-refractivity contribution < 1.29 is 18.0 Å². The van der Waals surface area contributed by atoms with Crippen molar-refractivity contribution >= 4 is 43.5 Å². The summed E-state index contributed by atoms with van der Waals surface area (Å²) in [6.45, 7) is 3.56. The number of rotatable bonds is 9. The number of nitrogens with one attached hydrogen (secondary N) is 1. The summed E-state index contributed by atoms with van der Waals surface area (Å²) in [4.78, 5) is 27.3. The Morgan fingerprint density at radius 1 is 1.10 bits per heavy atom. The fraction of sp³-hybridized carbons (Fsp3) is 0.364. The summed E-state index contributed by atoms with van der Waals surface area (Å²) in [6.07, 6.45) is 1.45. The fourth-order valence-corrected chi connectivity index (χ4v) is 4.70. The Morgan fingerprint density at radius 2 is 1.71 bits per heavy atom. The third kappa shape index (κ3) is 6.54. The Balaban J connectivity index is 2.43. The van der Waals surface area contributed by atoms with Crippen molar-refractivity contribution in [1.29, 1.82) is 0 Å². The second-order valence-electron chi connectivity index (χ2n) is 7.27. The summed E-state index contributed by atoms with van der Waals surface area (Å²) >= 11 is 3.36. The average molecular weight is 510 g/mol. The minimum atomic E-state index is -3.75. The van der Waals surface area contributed by atoms with Crippen molar-refractivity contribution in [3.05, 3.63) is 64.1 Å². The van der Waals surface area contributed by atoms with Crippen LogP contribution in [0.2, 0.25) is 0 Å². The van der Waals surface area contributed by atoms with Crippen LogP contribution < -0.4 is 9.62 Å². The van der Waals surface area contributed by atoms with E-state index in [1.54, 1.807) is 24.3 Å². The number of para-hydroxylation sites is 1. The molecule has 1 atom stereocenters. The maximum atomic E-state index is 13.4. The van der Waals surface area contributed by atoms with E-state index in [4.69, 9.17) is 0 Å². The molecule has 0 saturated carbocycles. The van der Waals surface area contributed by atoms with Gasteiger partial charge in [0.1, 0.15) is 12.6 Å². The molecule has 9 heteroatoms. The SMILES string of the molecule is CC[C@@H](C(=O)NC)N(Cc1ccc(C)cc1)C(=O)CN(c1ccccc1Br)S(C)(=O)=O. The lowest BCUT2D eigenvalue weighted by atomic mass is 10.1. The fourth-order valence-electron chi connectivity index (χ4n) is 3.23. The molecule has 0 saturated heterocycles. The van der Waals surface area contributed by atoms with Gasteiger partial charge in [-0.1, -0.05) is 48.9 Å². The van der Waals surface area contributed by atoms with Gasteiger partial charge in [0.2, 0.25) is 21.8 Å². The van der Waals surface area contributed by atoms with Crippen LogP contribution in [0.3, 0.4) is 0 Å². The molecule has 1 N–H and O–H groups in total. The quantitative estimate of drug-likeness (QED) is 0.562. The lowest BCUT2D eigenvalue weighted by Gasteiger charge is -2.32. The molecule has 0 aromatic heterocycles. The second kappa shape index (κ2) is 10.8. The van der Waals surface area contributed by atoms with Crippen molar-refractivity contribution in [1.82, 2.24) is 10.2 Å². The van der Waals surface area contributed by atoms with Crippen LogP contribution >= 0.6 is 15.9 Å². The molecule has 0 bridgehead atoms. The van der Waals surface area contributed by atoms with Crippen molar-refractivity contribution in [2.75, 3.05) is 24.2 Å². The minimum Gasteiger partial charge on any atom is -0.357 e. The molecule has 0 heterocycles. The summed E-state index contributed by atoms with van der Waals surface area (Å²) in [5, 5.41) is 2.60. The first-order valence-corrected chi connectivity index (χ1v) is 12.5. The molecule has 31 heavy (non-hydrogen) atoms. The molecular formula is C22H28BrN3O4S. The van der Waals surface area contributed by atoms with E-state index >= 15 is 0 Å². The van der Waals surface area contributed by atoms with Crippen LogP contribution in [0.1, 0.15) is 24.5 Å². The number of benzene rings is 2. The van der Waals surface area contributed by atoms with Crippen LogP contribution in [0.5, 0.6) is 0 Å². The van der Waals surface area contributed by atoms with E-state index in [1.165, 1.54) is 11.9 Å². The van der Waals surface area contributed by atoms with Gasteiger partial charge in [-0.25, -0.2) is 8.42 Å². The smallest absolute Gasteiger partial charge is 0.244 e. The Hall–Kier alpha value is -2.39. The third-order valence-electron chi connectivity index (χ3n) is 4.91. The molecule has 0 aliphatic carbocycles. The summed E-state index contributed by atoms with van der Waals surface area (Å²) in [5.41, 5.74) is 2.30. The molecule has 2 amide bonds. The lowest BCUT2D eigenvalue weighted by molar-refractivity contribution is -0.140. The van der Waals surface area contributed by atoms with Crippen LogP contribution in [-0.4, -0.2) is 51.0 Å². The van der Waals surface area contributed by atoms with E-state index in [0.29, 0.717) is 16.6 Å². The number of likely N-dealkylation sites (N-methyl/N-ethyl adjacent to an activating group) is 1. The number of carbonyl (C=O) groups is 2. The van der Waals surface area contributed by atoms with Gasteiger partial charge in [0, 0.05) is 18.1 Å². The monoisotopic (exact) mass is 509 g/mol. The number of hydrogen-bond donors (Lipinski definition) is 1. The minimum absolute atomic E-state index is 0.193. The first kappa shape index (κ1) is 24.9. The Kier molecular flexibility index (Phi) is 8.64. The van der Waals surface area contributed by atoms with Crippen molar-refractivity contribution in [3.8, 4) is 0 Å². The van der Waals surface area contributed by atoms with Crippen LogP contribution in [0.15, 0.2) is 53.0 Å². The second-order valence-corrected chi connectivity index (χ2v) is 10.0. The van der Waals surface area contributed by atoms with Crippen molar-refractivity contribution in [2.24, 2.45) is 0 Å². The molecule has 2 rings (SSSR count). The molecule has 168 valence electrons. The van der Waals surface area contributed by atoms with Crippen LogP contribution in [0.25, 0.3) is 0 Å². The van der Waals surface area contributed by atoms with Gasteiger partial charge in [0.05, 0.1) is 11.9 Å². The van der Waals surface area contributed by atoms with E-state index in [2.05, 4.69) is 21.2 Å². The summed E-state index contributed by atoms with van der Waals surface area (Å²) < 4.78 is 26.7. The number of nitrogens with zero attached hydrogens (tertiary/aromatic N) is 2. The Morgan fingerprint density at radius 3 is 2.23 bits per heavy atom. The average Bonchev–Trinajstić information content (AvgIpc) is 2.72. The predicted molar refractivity (Wildman–Crippen MR) is 126 cm³/mol. The van der Waals surface area contributed by atoms with Gasteiger partial charge in [-0.3, -0.25) is 13.9 Å². The van der Waals surface area contributed by atoms with Crippen molar-refractivity contribution in [2.45, 2.75) is 32.9 Å². The molecule has 0 radical (unpaired) electrons. The highest BCUT2D eigenvalue weighted by molar-refractivity contribution is 9.10. The molecule has 0 aliphatic rings. The van der Waals surface area contributed by atoms with Gasteiger partial charge in [0.25, 0.3) is 0 Å². The molecule has 2 aromatic carbocycles. The standard InChI is InChI=1S/C22H28BrN3O4S/c1-5-19(22(28)24-3)25(14-17-12-10-16(2)11-13-17)21(27)15-26(31(4,29)30)20-9-7-6-8-18(20)23/h6-13,19H,5,14-15H2,1-4H3,(H,24,28)/t19-/m0/s1. The highest BCUT2D eigenvalue weighted by atomic mass is 79.9. The van der Waals surface area contributed by atoms with Gasteiger partial charge in [-0.2, -0.15) is 0 Å². The summed E-state index contributed by atoms with van der Waals surface area (Å²) in [7, 11) is -2.23. The number of hydrogen-bond acceptors (Lipinski definition) is 4. The Labute approximate surface area is 192 Å². The topological polar surface area (TPSA) is 86.8 Å². The zero-order chi connectivity index (χ0) is 23.2. The van der Waals surface area contributed by atoms with E-state index in [0.717, 1.165) is 21.7 Å². The maximum Gasteiger partial charge on any atom is 0.244 e. The number of amides is 2. The van der Waals surface area contributed by atoms with E-state index < -0.39 is 28.5 Å². The zero-order valence-electron chi connectivity index (χ0n) is 18.1. The highest BCUT2D eigenvalue weighted by Crippen LogP contribution is 2.28. The molecule has 0 unspecified atom stereocenters. The molecular weight excluding hydrogens is 482 g/mol. The van der Waals surface area contributed by atoms with Gasteiger partial charge in [-0.05, 0) is 47.0 Å².